The molecule has 29 heavy (non-hydrogen) atoms. The average molecular weight is 385 g/mol. The van der Waals surface area contributed by atoms with Crippen molar-refractivity contribution in [3.63, 3.8) is 0 Å². The highest BCUT2D eigenvalue weighted by Crippen LogP contribution is 2.20. The number of benzene rings is 2. The Morgan fingerprint density at radius 3 is 2.45 bits per heavy atom. The molecule has 1 N–H and O–H groups in total. The number of nitrogens with zero attached hydrogens (tertiary/aromatic N) is 2. The average Bonchev–Trinajstić information content (AvgIpc) is 2.75. The van der Waals surface area contributed by atoms with Crippen molar-refractivity contribution in [1.82, 2.24) is 9.88 Å². The van der Waals surface area contributed by atoms with Gasteiger partial charge in [-0.05, 0) is 66.8 Å². The number of pyridine rings is 1. The van der Waals surface area contributed by atoms with Gasteiger partial charge in [0.25, 0.3) is 11.8 Å². The van der Waals surface area contributed by atoms with Crippen molar-refractivity contribution in [2.24, 2.45) is 0 Å². The Bertz CT molecular complexity index is 1090. The molecular formula is C24H23N3O2. The first-order chi connectivity index (χ1) is 14.0. The zero-order valence-corrected chi connectivity index (χ0v) is 16.6. The molecule has 0 saturated carbocycles. The van der Waals surface area contributed by atoms with Crippen LogP contribution < -0.4 is 5.32 Å². The number of aromatic nitrogens is 1. The molecule has 146 valence electrons. The number of fused-ring (bicyclic) bond motifs is 1. The van der Waals surface area contributed by atoms with Crippen LogP contribution >= 0.6 is 0 Å². The van der Waals surface area contributed by atoms with Crippen molar-refractivity contribution >= 4 is 17.5 Å². The molecule has 2 amide bonds. The number of rotatable bonds is 3. The molecule has 0 spiro atoms. The van der Waals surface area contributed by atoms with Crippen LogP contribution in [-0.4, -0.2) is 28.2 Å². The highest BCUT2D eigenvalue weighted by atomic mass is 16.2. The van der Waals surface area contributed by atoms with E-state index in [9.17, 15) is 9.59 Å². The number of hydrogen-bond acceptors (Lipinski definition) is 3. The molecule has 5 heteroatoms. The lowest BCUT2D eigenvalue weighted by atomic mass is 10.00. The normalized spacial score (nSPS) is 13.0. The number of anilines is 1. The molecule has 3 aromatic rings. The van der Waals surface area contributed by atoms with E-state index in [0.29, 0.717) is 18.8 Å². The molecule has 0 saturated heterocycles. The summed E-state index contributed by atoms with van der Waals surface area (Å²) in [7, 11) is 0. The second-order valence-electron chi connectivity index (χ2n) is 7.41. The Morgan fingerprint density at radius 1 is 0.897 bits per heavy atom. The van der Waals surface area contributed by atoms with Gasteiger partial charge in [-0.25, -0.2) is 4.98 Å². The second kappa shape index (κ2) is 7.87. The third kappa shape index (κ3) is 4.04. The Labute approximate surface area is 170 Å². The van der Waals surface area contributed by atoms with Crippen LogP contribution in [0.2, 0.25) is 0 Å². The lowest BCUT2D eigenvalue weighted by molar-refractivity contribution is 0.0728. The van der Waals surface area contributed by atoms with Crippen molar-refractivity contribution in [1.29, 1.82) is 0 Å². The van der Waals surface area contributed by atoms with Crippen molar-refractivity contribution in [3.8, 4) is 0 Å². The summed E-state index contributed by atoms with van der Waals surface area (Å²) < 4.78 is 0. The van der Waals surface area contributed by atoms with E-state index in [0.717, 1.165) is 23.1 Å². The number of amides is 2. The van der Waals surface area contributed by atoms with E-state index >= 15 is 0 Å². The molecule has 4 rings (SSSR count). The number of carbonyl (C=O) groups is 2. The van der Waals surface area contributed by atoms with Gasteiger partial charge in [0.15, 0.2) is 0 Å². The lowest BCUT2D eigenvalue weighted by Gasteiger charge is -2.28. The van der Waals surface area contributed by atoms with Crippen molar-refractivity contribution in [2.45, 2.75) is 26.8 Å². The third-order valence-electron chi connectivity index (χ3n) is 5.38. The smallest absolute Gasteiger partial charge is 0.274 e. The van der Waals surface area contributed by atoms with Crippen LogP contribution in [0.3, 0.4) is 0 Å². The van der Waals surface area contributed by atoms with Crippen LogP contribution in [0.5, 0.6) is 0 Å². The Balaban J connectivity index is 1.50. The summed E-state index contributed by atoms with van der Waals surface area (Å²) in [6, 6.07) is 18.9. The summed E-state index contributed by atoms with van der Waals surface area (Å²) in [5.74, 6) is -0.479. The van der Waals surface area contributed by atoms with E-state index in [1.54, 1.807) is 23.1 Å². The fourth-order valence-corrected chi connectivity index (χ4v) is 3.53. The maximum absolute atomic E-state index is 13.0. The molecule has 0 aliphatic carbocycles. The lowest BCUT2D eigenvalue weighted by Crippen LogP contribution is -2.36. The molecule has 0 bridgehead atoms. The Hall–Kier alpha value is -3.47. The van der Waals surface area contributed by atoms with Crippen LogP contribution in [0, 0.1) is 13.8 Å². The molecule has 2 heterocycles. The summed E-state index contributed by atoms with van der Waals surface area (Å²) in [4.78, 5) is 31.7. The molecular weight excluding hydrogens is 362 g/mol. The molecule has 0 radical (unpaired) electrons. The molecule has 2 aromatic carbocycles. The molecule has 0 fully saturated rings. The SMILES string of the molecule is Cc1ccc(NC(=O)c2cccc(C(=O)N3CCc4ccccc4C3)n2)cc1C. The first-order valence-corrected chi connectivity index (χ1v) is 9.73. The molecule has 1 aromatic heterocycles. The van der Waals surface area contributed by atoms with E-state index in [1.165, 1.54) is 5.56 Å². The van der Waals surface area contributed by atoms with E-state index in [4.69, 9.17) is 0 Å². The highest BCUT2D eigenvalue weighted by Gasteiger charge is 2.23. The third-order valence-corrected chi connectivity index (χ3v) is 5.38. The summed E-state index contributed by atoms with van der Waals surface area (Å²) in [5, 5.41) is 2.86. The minimum absolute atomic E-state index is 0.152. The maximum atomic E-state index is 13.0. The summed E-state index contributed by atoms with van der Waals surface area (Å²) >= 11 is 0. The van der Waals surface area contributed by atoms with Gasteiger partial charge in [0.2, 0.25) is 0 Å². The zero-order valence-electron chi connectivity index (χ0n) is 16.6. The minimum Gasteiger partial charge on any atom is -0.333 e. The Kier molecular flexibility index (Phi) is 5.12. The first kappa shape index (κ1) is 18.9. The summed E-state index contributed by atoms with van der Waals surface area (Å²) in [5.41, 5.74) is 5.94. The van der Waals surface area contributed by atoms with Crippen LogP contribution in [0.1, 0.15) is 43.2 Å². The van der Waals surface area contributed by atoms with Crippen molar-refractivity contribution in [2.75, 3.05) is 11.9 Å². The summed E-state index contributed by atoms with van der Waals surface area (Å²) in [6.45, 7) is 5.24. The minimum atomic E-state index is -0.327. The zero-order chi connectivity index (χ0) is 20.4. The van der Waals surface area contributed by atoms with Gasteiger partial charge in [-0.2, -0.15) is 0 Å². The van der Waals surface area contributed by atoms with Crippen molar-refractivity contribution < 1.29 is 9.59 Å². The number of nitrogens with one attached hydrogen (secondary N) is 1. The van der Waals surface area contributed by atoms with Crippen LogP contribution in [-0.2, 0) is 13.0 Å². The van der Waals surface area contributed by atoms with Crippen LogP contribution in [0.15, 0.2) is 60.7 Å². The largest absolute Gasteiger partial charge is 0.333 e. The quantitative estimate of drug-likeness (QED) is 0.737. The molecule has 1 aliphatic heterocycles. The van der Waals surface area contributed by atoms with Gasteiger partial charge in [-0.1, -0.05) is 36.4 Å². The fourth-order valence-electron chi connectivity index (χ4n) is 3.53. The first-order valence-electron chi connectivity index (χ1n) is 9.73. The topological polar surface area (TPSA) is 62.3 Å². The number of aryl methyl sites for hydroxylation is 2. The molecule has 0 unspecified atom stereocenters. The standard InChI is InChI=1S/C24H23N3O2/c1-16-10-11-20(14-17(16)2)25-23(28)21-8-5-9-22(26-21)24(29)27-13-12-18-6-3-4-7-19(18)15-27/h3-11,14H,12-13,15H2,1-2H3,(H,25,28). The van der Waals surface area contributed by atoms with Gasteiger partial charge >= 0.3 is 0 Å². The van der Waals surface area contributed by atoms with E-state index < -0.39 is 0 Å². The summed E-state index contributed by atoms with van der Waals surface area (Å²) in [6.07, 6.45) is 0.828. The van der Waals surface area contributed by atoms with Gasteiger partial charge in [0.05, 0.1) is 0 Å². The maximum Gasteiger partial charge on any atom is 0.274 e. The predicted octanol–water partition coefficient (Wildman–Crippen LogP) is 4.15. The van der Waals surface area contributed by atoms with E-state index in [-0.39, 0.29) is 23.2 Å². The van der Waals surface area contributed by atoms with E-state index in [2.05, 4.69) is 22.4 Å². The van der Waals surface area contributed by atoms with Gasteiger partial charge < -0.3 is 10.2 Å². The van der Waals surface area contributed by atoms with Crippen molar-refractivity contribution in [3.05, 3.63) is 94.3 Å². The van der Waals surface area contributed by atoms with Crippen LogP contribution in [0.25, 0.3) is 0 Å². The second-order valence-corrected chi connectivity index (χ2v) is 7.41. The van der Waals surface area contributed by atoms with Crippen LogP contribution in [0.4, 0.5) is 5.69 Å². The van der Waals surface area contributed by atoms with Gasteiger partial charge in [-0.3, -0.25) is 9.59 Å². The van der Waals surface area contributed by atoms with Gasteiger partial charge in [0.1, 0.15) is 11.4 Å². The number of hydrogen-bond donors (Lipinski definition) is 1. The van der Waals surface area contributed by atoms with Gasteiger partial charge in [-0.15, -0.1) is 0 Å². The molecule has 0 atom stereocenters. The highest BCUT2D eigenvalue weighted by molar-refractivity contribution is 6.04. The van der Waals surface area contributed by atoms with E-state index in [1.807, 2.05) is 44.2 Å². The predicted molar refractivity (Wildman–Crippen MR) is 113 cm³/mol. The monoisotopic (exact) mass is 385 g/mol. The molecule has 5 nitrogen and oxygen atoms in total. The van der Waals surface area contributed by atoms with Gasteiger partial charge in [0, 0.05) is 18.8 Å². The Morgan fingerprint density at radius 2 is 1.66 bits per heavy atom. The fraction of sp³-hybridized carbons (Fsp3) is 0.208. The number of carbonyl (C=O) groups excluding carboxylic acids is 2. The molecule has 1 aliphatic rings.